The fraction of sp³-hybridized carbons (Fsp3) is 0.222. The molecule has 0 amide bonds. The van der Waals surface area contributed by atoms with Gasteiger partial charge >= 0.3 is 0 Å². The molecule has 0 saturated heterocycles. The van der Waals surface area contributed by atoms with E-state index >= 15 is 0 Å². The molecule has 0 spiro atoms. The predicted octanol–water partition coefficient (Wildman–Crippen LogP) is 2.93. The van der Waals surface area contributed by atoms with Crippen LogP contribution >= 0.6 is 0 Å². The largest absolute Gasteiger partial charge is 0.481 e. The van der Waals surface area contributed by atoms with E-state index in [1.165, 1.54) is 6.33 Å². The molecule has 0 fully saturated rings. The van der Waals surface area contributed by atoms with E-state index < -0.39 is 0 Å². The van der Waals surface area contributed by atoms with Gasteiger partial charge in [-0.1, -0.05) is 0 Å². The van der Waals surface area contributed by atoms with Crippen LogP contribution < -0.4 is 9.47 Å². The second-order valence-corrected chi connectivity index (χ2v) is 5.14. The van der Waals surface area contributed by atoms with Gasteiger partial charge in [0, 0.05) is 42.8 Å². The average Bonchev–Trinajstić information content (AvgIpc) is 2.63. The van der Waals surface area contributed by atoms with Gasteiger partial charge in [0.15, 0.2) is 0 Å². The molecule has 0 N–H and O–H groups in total. The van der Waals surface area contributed by atoms with Crippen LogP contribution in [0.4, 0.5) is 0 Å². The van der Waals surface area contributed by atoms with Crippen LogP contribution in [-0.2, 0) is 6.42 Å². The molecular formula is C18H18N4O2. The first-order valence-electron chi connectivity index (χ1n) is 7.66. The van der Waals surface area contributed by atoms with Gasteiger partial charge < -0.3 is 9.47 Å². The maximum absolute atomic E-state index is 5.48. The van der Waals surface area contributed by atoms with Gasteiger partial charge in [0.25, 0.3) is 0 Å². The van der Waals surface area contributed by atoms with E-state index in [0.717, 1.165) is 22.3 Å². The topological polar surface area (TPSA) is 70.0 Å². The highest BCUT2D eigenvalue weighted by atomic mass is 16.5. The van der Waals surface area contributed by atoms with Crippen molar-refractivity contribution in [3.8, 4) is 22.9 Å². The zero-order valence-electron chi connectivity index (χ0n) is 13.6. The molecule has 24 heavy (non-hydrogen) atoms. The quantitative estimate of drug-likeness (QED) is 0.695. The Kier molecular flexibility index (Phi) is 4.96. The molecule has 3 aromatic heterocycles. The Morgan fingerprint density at radius 3 is 2.58 bits per heavy atom. The molecule has 0 aliphatic heterocycles. The monoisotopic (exact) mass is 322 g/mol. The molecule has 0 atom stereocenters. The Morgan fingerprint density at radius 2 is 1.83 bits per heavy atom. The Morgan fingerprint density at radius 1 is 1.00 bits per heavy atom. The minimum Gasteiger partial charge on any atom is -0.481 e. The minimum absolute atomic E-state index is 0.566. The molecule has 0 unspecified atom stereocenters. The number of hydrogen-bond acceptors (Lipinski definition) is 6. The summed E-state index contributed by atoms with van der Waals surface area (Å²) in [7, 11) is 1.61. The second kappa shape index (κ2) is 7.50. The van der Waals surface area contributed by atoms with E-state index in [0.29, 0.717) is 24.8 Å². The molecule has 3 heterocycles. The Balaban J connectivity index is 1.96. The summed E-state index contributed by atoms with van der Waals surface area (Å²) in [5, 5.41) is 0. The number of nitrogens with zero attached hydrogens (tertiary/aromatic N) is 4. The van der Waals surface area contributed by atoms with Crippen LogP contribution in [0.5, 0.6) is 11.8 Å². The average molecular weight is 322 g/mol. The van der Waals surface area contributed by atoms with Crippen LogP contribution in [0.2, 0.25) is 0 Å². The van der Waals surface area contributed by atoms with Gasteiger partial charge in [-0.2, -0.15) is 0 Å². The van der Waals surface area contributed by atoms with E-state index in [2.05, 4.69) is 26.0 Å². The second-order valence-electron chi connectivity index (χ2n) is 5.14. The summed E-state index contributed by atoms with van der Waals surface area (Å²) in [6, 6.07) is 5.86. The van der Waals surface area contributed by atoms with Crippen molar-refractivity contribution in [3.05, 3.63) is 60.4 Å². The van der Waals surface area contributed by atoms with Gasteiger partial charge in [0.05, 0.1) is 13.7 Å². The van der Waals surface area contributed by atoms with Crippen molar-refractivity contribution in [3.63, 3.8) is 0 Å². The van der Waals surface area contributed by atoms with Crippen LogP contribution in [0.15, 0.2) is 49.3 Å². The van der Waals surface area contributed by atoms with Crippen LogP contribution in [0, 0.1) is 0 Å². The Labute approximate surface area is 140 Å². The van der Waals surface area contributed by atoms with Crippen LogP contribution in [0.25, 0.3) is 11.1 Å². The minimum atomic E-state index is 0.566. The summed E-state index contributed by atoms with van der Waals surface area (Å²) in [5.74, 6) is 1.15. The number of methoxy groups -OCH3 is 1. The van der Waals surface area contributed by atoms with Crippen molar-refractivity contribution in [1.29, 1.82) is 0 Å². The predicted molar refractivity (Wildman–Crippen MR) is 90.0 cm³/mol. The molecule has 6 nitrogen and oxygen atoms in total. The van der Waals surface area contributed by atoms with E-state index in [1.54, 1.807) is 31.9 Å². The Bertz CT molecular complexity index is 809. The van der Waals surface area contributed by atoms with E-state index in [9.17, 15) is 0 Å². The van der Waals surface area contributed by atoms with Gasteiger partial charge in [-0.25, -0.2) is 19.9 Å². The molecule has 0 saturated carbocycles. The molecular weight excluding hydrogens is 304 g/mol. The molecule has 3 rings (SSSR count). The van der Waals surface area contributed by atoms with E-state index in [4.69, 9.17) is 9.47 Å². The standard InChI is InChI=1S/C18H18N4O2/c1-3-24-17-8-15(4-5-21-17)16-7-13(11-22-18(16)23-2)6-14-9-19-12-20-10-14/h4-5,7-12H,3,6H2,1-2H3. The lowest BCUT2D eigenvalue weighted by Gasteiger charge is -2.11. The van der Waals surface area contributed by atoms with Crippen molar-refractivity contribution in [2.45, 2.75) is 13.3 Å². The van der Waals surface area contributed by atoms with Crippen LogP contribution in [0.1, 0.15) is 18.1 Å². The normalized spacial score (nSPS) is 10.4. The van der Waals surface area contributed by atoms with Gasteiger partial charge in [-0.15, -0.1) is 0 Å². The third kappa shape index (κ3) is 3.65. The summed E-state index contributed by atoms with van der Waals surface area (Å²) in [4.78, 5) is 16.7. The number of hydrogen-bond donors (Lipinski definition) is 0. The lowest BCUT2D eigenvalue weighted by atomic mass is 10.0. The lowest BCUT2D eigenvalue weighted by molar-refractivity contribution is 0.327. The number of rotatable bonds is 6. The van der Waals surface area contributed by atoms with Crippen molar-refractivity contribution >= 4 is 0 Å². The van der Waals surface area contributed by atoms with Crippen molar-refractivity contribution in [2.75, 3.05) is 13.7 Å². The summed E-state index contributed by atoms with van der Waals surface area (Å²) < 4.78 is 10.9. The van der Waals surface area contributed by atoms with Crippen molar-refractivity contribution in [2.24, 2.45) is 0 Å². The highest BCUT2D eigenvalue weighted by Crippen LogP contribution is 2.30. The van der Waals surface area contributed by atoms with Crippen LogP contribution in [0.3, 0.4) is 0 Å². The Hall–Kier alpha value is -3.02. The highest BCUT2D eigenvalue weighted by Gasteiger charge is 2.11. The molecule has 0 radical (unpaired) electrons. The fourth-order valence-corrected chi connectivity index (χ4v) is 2.42. The maximum atomic E-state index is 5.48. The third-order valence-corrected chi connectivity index (χ3v) is 3.46. The molecule has 122 valence electrons. The molecule has 6 heteroatoms. The fourth-order valence-electron chi connectivity index (χ4n) is 2.42. The first-order chi connectivity index (χ1) is 11.8. The molecule has 0 aliphatic carbocycles. The first kappa shape index (κ1) is 15.9. The maximum Gasteiger partial charge on any atom is 0.221 e. The number of ether oxygens (including phenoxy) is 2. The lowest BCUT2D eigenvalue weighted by Crippen LogP contribution is -1.98. The first-order valence-corrected chi connectivity index (χ1v) is 7.66. The van der Waals surface area contributed by atoms with Crippen molar-refractivity contribution < 1.29 is 9.47 Å². The zero-order valence-corrected chi connectivity index (χ0v) is 13.6. The molecule has 0 aromatic carbocycles. The summed E-state index contributed by atoms with van der Waals surface area (Å²) >= 11 is 0. The van der Waals surface area contributed by atoms with E-state index in [-0.39, 0.29) is 0 Å². The zero-order chi connectivity index (χ0) is 16.8. The van der Waals surface area contributed by atoms with E-state index in [1.807, 2.05) is 19.1 Å². The molecule has 3 aromatic rings. The summed E-state index contributed by atoms with van der Waals surface area (Å²) in [5.41, 5.74) is 3.93. The van der Waals surface area contributed by atoms with Crippen LogP contribution in [-0.4, -0.2) is 33.7 Å². The number of pyridine rings is 2. The molecule has 0 aliphatic rings. The summed E-state index contributed by atoms with van der Waals surface area (Å²) in [6.45, 7) is 2.50. The SMILES string of the molecule is CCOc1cc(-c2cc(Cc3cncnc3)cnc2OC)ccn1. The van der Waals surface area contributed by atoms with Gasteiger partial charge in [0.2, 0.25) is 11.8 Å². The van der Waals surface area contributed by atoms with Gasteiger partial charge in [-0.3, -0.25) is 0 Å². The number of aromatic nitrogens is 4. The van der Waals surface area contributed by atoms with Crippen molar-refractivity contribution in [1.82, 2.24) is 19.9 Å². The smallest absolute Gasteiger partial charge is 0.221 e. The van der Waals surface area contributed by atoms with Gasteiger partial charge in [-0.05, 0) is 35.7 Å². The van der Waals surface area contributed by atoms with Gasteiger partial charge in [0.1, 0.15) is 6.33 Å². The summed E-state index contributed by atoms with van der Waals surface area (Å²) in [6.07, 6.45) is 9.35. The molecule has 0 bridgehead atoms. The highest BCUT2D eigenvalue weighted by molar-refractivity contribution is 5.69. The third-order valence-electron chi connectivity index (χ3n) is 3.46.